The number of carbonyl (C=O) groups is 2. The van der Waals surface area contributed by atoms with E-state index in [2.05, 4.69) is 86.8 Å². The van der Waals surface area contributed by atoms with Crippen LogP contribution in [0.5, 0.6) is 0 Å². The van der Waals surface area contributed by atoms with Crippen molar-refractivity contribution in [2.24, 2.45) is 5.73 Å². The van der Waals surface area contributed by atoms with Crippen molar-refractivity contribution < 1.29 is 37.6 Å². The van der Waals surface area contributed by atoms with Crippen LogP contribution in [0.15, 0.2) is 85.1 Å². The molecule has 0 amide bonds. The molecular weight excluding hydrogens is 713 g/mol. The van der Waals surface area contributed by atoms with Gasteiger partial charge in [-0.15, -0.1) is 0 Å². The van der Waals surface area contributed by atoms with Gasteiger partial charge < -0.3 is 20.1 Å². The minimum atomic E-state index is -4.40. The van der Waals surface area contributed by atoms with Gasteiger partial charge in [0.25, 0.3) is 0 Å². The molecule has 0 radical (unpaired) electrons. The van der Waals surface area contributed by atoms with Crippen LogP contribution in [0.2, 0.25) is 0 Å². The van der Waals surface area contributed by atoms with Crippen molar-refractivity contribution in [2.45, 2.75) is 161 Å². The molecular formula is C45H76NO8P. The van der Waals surface area contributed by atoms with Crippen molar-refractivity contribution in [3.8, 4) is 0 Å². The molecule has 0 bridgehead atoms. The SMILES string of the molecule is CC/C=C\C/C=C\C/C=C\C/C=C\CCC(=O)OC(COC(=O)CCCCCCCC/C=C\C/C=C\C/C=C\CCCCCCC)COP(=O)(O)OCCN. The van der Waals surface area contributed by atoms with E-state index in [1.165, 1.54) is 38.5 Å². The summed E-state index contributed by atoms with van der Waals surface area (Å²) in [6.45, 7) is 3.48. The van der Waals surface area contributed by atoms with E-state index in [1.54, 1.807) is 0 Å². The maximum absolute atomic E-state index is 12.5. The maximum Gasteiger partial charge on any atom is 0.472 e. The highest BCUT2D eigenvalue weighted by atomic mass is 31.2. The molecule has 0 aliphatic heterocycles. The summed E-state index contributed by atoms with van der Waals surface area (Å²) >= 11 is 0. The number of hydrogen-bond acceptors (Lipinski definition) is 8. The highest BCUT2D eigenvalue weighted by Crippen LogP contribution is 2.43. The summed E-state index contributed by atoms with van der Waals surface area (Å²) in [7, 11) is -4.40. The van der Waals surface area contributed by atoms with Crippen LogP contribution in [0.25, 0.3) is 0 Å². The number of phosphoric ester groups is 1. The number of rotatable bonds is 38. The Morgan fingerprint density at radius 2 is 1.04 bits per heavy atom. The lowest BCUT2D eigenvalue weighted by molar-refractivity contribution is -0.161. The number of unbranched alkanes of at least 4 members (excludes halogenated alkanes) is 11. The molecule has 0 aromatic carbocycles. The van der Waals surface area contributed by atoms with Gasteiger partial charge in [0.05, 0.1) is 13.2 Å². The lowest BCUT2D eigenvalue weighted by atomic mass is 10.1. The summed E-state index contributed by atoms with van der Waals surface area (Å²) in [6.07, 6.45) is 50.6. The molecule has 0 saturated carbocycles. The fourth-order valence-corrected chi connectivity index (χ4v) is 5.95. The first-order chi connectivity index (χ1) is 26.8. The molecule has 0 spiro atoms. The van der Waals surface area contributed by atoms with Gasteiger partial charge in [-0.3, -0.25) is 18.6 Å². The number of hydrogen-bond donors (Lipinski definition) is 2. The van der Waals surface area contributed by atoms with Crippen LogP contribution < -0.4 is 5.73 Å². The van der Waals surface area contributed by atoms with Crippen molar-refractivity contribution in [1.82, 2.24) is 0 Å². The van der Waals surface area contributed by atoms with Gasteiger partial charge in [-0.05, 0) is 77.0 Å². The summed E-state index contributed by atoms with van der Waals surface area (Å²) in [5.74, 6) is -0.947. The second kappa shape index (κ2) is 40.8. The molecule has 0 heterocycles. The fourth-order valence-electron chi connectivity index (χ4n) is 5.18. The van der Waals surface area contributed by atoms with E-state index in [9.17, 15) is 19.0 Å². The molecule has 10 heteroatoms. The van der Waals surface area contributed by atoms with Crippen LogP contribution in [0.3, 0.4) is 0 Å². The quantitative estimate of drug-likeness (QED) is 0.0271. The van der Waals surface area contributed by atoms with Crippen LogP contribution in [0.4, 0.5) is 0 Å². The largest absolute Gasteiger partial charge is 0.472 e. The summed E-state index contributed by atoms with van der Waals surface area (Å²) in [4.78, 5) is 34.8. The van der Waals surface area contributed by atoms with Crippen LogP contribution in [0, 0.1) is 0 Å². The van der Waals surface area contributed by atoms with Crippen LogP contribution in [-0.2, 0) is 32.7 Å². The number of phosphoric acid groups is 1. The Bertz CT molecular complexity index is 1170. The second-order valence-electron chi connectivity index (χ2n) is 13.5. The first-order valence-electron chi connectivity index (χ1n) is 21.1. The van der Waals surface area contributed by atoms with Crippen molar-refractivity contribution in [2.75, 3.05) is 26.4 Å². The molecule has 0 aliphatic rings. The Labute approximate surface area is 334 Å². The van der Waals surface area contributed by atoms with Gasteiger partial charge in [-0.25, -0.2) is 4.57 Å². The zero-order chi connectivity index (χ0) is 40.3. The predicted octanol–water partition coefficient (Wildman–Crippen LogP) is 12.0. The summed E-state index contributed by atoms with van der Waals surface area (Å²) in [6, 6.07) is 0. The second-order valence-corrected chi connectivity index (χ2v) is 14.9. The zero-order valence-electron chi connectivity index (χ0n) is 34.4. The molecule has 3 N–H and O–H groups in total. The molecule has 0 aromatic heterocycles. The molecule has 2 unspecified atom stereocenters. The van der Waals surface area contributed by atoms with Gasteiger partial charge in [-0.1, -0.05) is 150 Å². The van der Waals surface area contributed by atoms with Gasteiger partial charge in [0, 0.05) is 19.4 Å². The molecule has 0 aromatic rings. The van der Waals surface area contributed by atoms with Gasteiger partial charge in [0.1, 0.15) is 6.61 Å². The monoisotopic (exact) mass is 790 g/mol. The summed E-state index contributed by atoms with van der Waals surface area (Å²) in [5.41, 5.74) is 5.33. The van der Waals surface area contributed by atoms with Crippen molar-refractivity contribution >= 4 is 19.8 Å². The predicted molar refractivity (Wildman–Crippen MR) is 229 cm³/mol. The smallest absolute Gasteiger partial charge is 0.462 e. The van der Waals surface area contributed by atoms with E-state index in [1.807, 2.05) is 12.2 Å². The average Bonchev–Trinajstić information content (AvgIpc) is 3.17. The third-order valence-electron chi connectivity index (χ3n) is 8.28. The zero-order valence-corrected chi connectivity index (χ0v) is 35.3. The van der Waals surface area contributed by atoms with Gasteiger partial charge in [0.2, 0.25) is 0 Å². The Morgan fingerprint density at radius 3 is 1.56 bits per heavy atom. The van der Waals surface area contributed by atoms with Crippen molar-refractivity contribution in [1.29, 1.82) is 0 Å². The van der Waals surface area contributed by atoms with Crippen molar-refractivity contribution in [3.05, 3.63) is 85.1 Å². The van der Waals surface area contributed by atoms with Crippen molar-refractivity contribution in [3.63, 3.8) is 0 Å². The van der Waals surface area contributed by atoms with Crippen LogP contribution in [0.1, 0.15) is 155 Å². The standard InChI is InChI=1S/C45H76NO8P/c1-3-5-7-9-11-13-15-17-18-19-20-21-22-23-24-26-27-29-31-33-35-37-44(47)51-41-43(42-53-55(49,50)52-40-39-46)54-45(48)38-36-34-32-30-28-25-16-14-12-10-8-6-4-2/h6,8,12,14-15,17,19-20,22-23,25,28,32,34,43H,3-5,7,9-11,13,16,18,21,24,26-27,29-31,33,35-42,46H2,1-2H3,(H,49,50)/b8-6-,14-12-,17-15-,20-19-,23-22-,28-25-,34-32-. The lowest BCUT2D eigenvalue weighted by Crippen LogP contribution is -2.29. The minimum absolute atomic E-state index is 0.0363. The Hall–Kier alpha value is -2.81. The van der Waals surface area contributed by atoms with E-state index in [0.29, 0.717) is 12.8 Å². The molecule has 0 fully saturated rings. The molecule has 314 valence electrons. The van der Waals surface area contributed by atoms with Crippen LogP contribution >= 0.6 is 7.82 Å². The fraction of sp³-hybridized carbons (Fsp3) is 0.644. The van der Waals surface area contributed by atoms with Gasteiger partial charge >= 0.3 is 19.8 Å². The summed E-state index contributed by atoms with van der Waals surface area (Å²) < 4.78 is 32.6. The van der Waals surface area contributed by atoms with Gasteiger partial charge in [-0.2, -0.15) is 0 Å². The minimum Gasteiger partial charge on any atom is -0.462 e. The highest BCUT2D eigenvalue weighted by Gasteiger charge is 2.25. The first kappa shape index (κ1) is 52.2. The van der Waals surface area contributed by atoms with E-state index in [4.69, 9.17) is 24.3 Å². The van der Waals surface area contributed by atoms with E-state index in [-0.39, 0.29) is 32.6 Å². The third-order valence-corrected chi connectivity index (χ3v) is 9.26. The number of nitrogens with two attached hydrogens (primary N) is 1. The van der Waals surface area contributed by atoms with E-state index in [0.717, 1.165) is 77.0 Å². The number of ether oxygens (including phenoxy) is 2. The average molecular weight is 790 g/mol. The Morgan fingerprint density at radius 1 is 0.564 bits per heavy atom. The molecule has 9 nitrogen and oxygen atoms in total. The van der Waals surface area contributed by atoms with E-state index >= 15 is 0 Å². The maximum atomic E-state index is 12.5. The first-order valence-corrected chi connectivity index (χ1v) is 22.6. The number of carbonyl (C=O) groups excluding carboxylic acids is 2. The Balaban J connectivity index is 4.25. The number of allylic oxidation sites excluding steroid dienone is 14. The topological polar surface area (TPSA) is 134 Å². The molecule has 2 atom stereocenters. The van der Waals surface area contributed by atoms with Gasteiger partial charge in [0.15, 0.2) is 6.10 Å². The highest BCUT2D eigenvalue weighted by molar-refractivity contribution is 7.47. The number of esters is 2. The molecule has 0 rings (SSSR count). The molecule has 55 heavy (non-hydrogen) atoms. The van der Waals surface area contributed by atoms with E-state index < -0.39 is 32.5 Å². The third kappa shape index (κ3) is 40.7. The van der Waals surface area contributed by atoms with Crippen LogP contribution in [-0.4, -0.2) is 49.3 Å². The summed E-state index contributed by atoms with van der Waals surface area (Å²) in [5, 5.41) is 0. The normalized spacial score (nSPS) is 14.2. The Kier molecular flexibility index (Phi) is 38.8. The molecule has 0 aliphatic carbocycles. The molecule has 0 saturated heterocycles. The lowest BCUT2D eigenvalue weighted by Gasteiger charge is -2.19.